The first kappa shape index (κ1) is 14.4. The van der Waals surface area contributed by atoms with Crippen LogP contribution in [0.2, 0.25) is 0 Å². The van der Waals surface area contributed by atoms with Crippen molar-refractivity contribution in [1.82, 2.24) is 4.90 Å². The number of hydrogen-bond acceptors (Lipinski definition) is 1. The van der Waals surface area contributed by atoms with E-state index in [0.29, 0.717) is 6.42 Å². The van der Waals surface area contributed by atoms with E-state index >= 15 is 0 Å². The fourth-order valence-corrected chi connectivity index (χ4v) is 1.66. The molecule has 0 aromatic rings. The average Bonchev–Trinajstić information content (AvgIpc) is 2.00. The molecule has 5 heteroatoms. The second-order valence-electron chi connectivity index (χ2n) is 4.12. The summed E-state index contributed by atoms with van der Waals surface area (Å²) in [5.41, 5.74) is 0. The van der Waals surface area contributed by atoms with Crippen molar-refractivity contribution in [3.63, 3.8) is 0 Å². The number of rotatable bonds is 4. The molecule has 2 nitrogen and oxygen atoms in total. The van der Waals surface area contributed by atoms with Gasteiger partial charge >= 0.3 is 6.18 Å². The molecule has 15 heavy (non-hydrogen) atoms. The SMILES string of the molecule is CCC(C(C=[N+](C)C)C(F)(F)F)N(C)C. The van der Waals surface area contributed by atoms with Crippen LogP contribution in [0.25, 0.3) is 0 Å². The molecule has 0 aliphatic heterocycles. The van der Waals surface area contributed by atoms with Crippen molar-refractivity contribution in [3.8, 4) is 0 Å². The van der Waals surface area contributed by atoms with Gasteiger partial charge in [0, 0.05) is 6.04 Å². The maximum atomic E-state index is 12.8. The van der Waals surface area contributed by atoms with Crippen LogP contribution in [0, 0.1) is 5.92 Å². The van der Waals surface area contributed by atoms with Gasteiger partial charge in [-0.1, -0.05) is 6.92 Å². The molecule has 90 valence electrons. The predicted octanol–water partition coefficient (Wildman–Crippen LogP) is 1.85. The molecule has 0 fully saturated rings. The Bertz CT molecular complexity index is 217. The molecule has 0 amide bonds. The van der Waals surface area contributed by atoms with E-state index in [0.717, 1.165) is 0 Å². The quantitative estimate of drug-likeness (QED) is 0.523. The second-order valence-corrected chi connectivity index (χ2v) is 4.12. The summed E-state index contributed by atoms with van der Waals surface area (Å²) < 4.78 is 39.8. The number of alkyl halides is 3. The van der Waals surface area contributed by atoms with Gasteiger partial charge in [0.25, 0.3) is 0 Å². The minimum absolute atomic E-state index is 0.474. The zero-order valence-corrected chi connectivity index (χ0v) is 9.97. The highest BCUT2D eigenvalue weighted by atomic mass is 19.4. The van der Waals surface area contributed by atoms with Crippen LogP contribution < -0.4 is 0 Å². The van der Waals surface area contributed by atoms with Crippen LogP contribution in [0.15, 0.2) is 0 Å². The summed E-state index contributed by atoms with van der Waals surface area (Å²) >= 11 is 0. The summed E-state index contributed by atoms with van der Waals surface area (Å²) in [6.07, 6.45) is -2.48. The van der Waals surface area contributed by atoms with E-state index in [9.17, 15) is 13.2 Å². The minimum Gasteiger partial charge on any atom is -0.305 e. The first-order chi connectivity index (χ1) is 6.70. The summed E-state index contributed by atoms with van der Waals surface area (Å²) in [5.74, 6) is -1.41. The molecule has 0 aliphatic rings. The van der Waals surface area contributed by atoms with Crippen molar-refractivity contribution in [2.24, 2.45) is 5.92 Å². The number of halogens is 3. The first-order valence-corrected chi connectivity index (χ1v) is 4.94. The predicted molar refractivity (Wildman–Crippen MR) is 55.5 cm³/mol. The Morgan fingerprint density at radius 1 is 1.27 bits per heavy atom. The van der Waals surface area contributed by atoms with Crippen LogP contribution in [0.1, 0.15) is 13.3 Å². The fourth-order valence-electron chi connectivity index (χ4n) is 1.66. The molecule has 0 bridgehead atoms. The lowest BCUT2D eigenvalue weighted by Crippen LogP contribution is -2.44. The molecule has 2 atom stereocenters. The standard InChI is InChI=1S/C10H20F3N2/c1-6-9(15(4)5)8(7-14(2)3)10(11,12)13/h7-9H,6H2,1-5H3/q+1. The summed E-state index contributed by atoms with van der Waals surface area (Å²) in [4.78, 5) is 1.62. The van der Waals surface area contributed by atoms with Crippen LogP contribution in [0.4, 0.5) is 13.2 Å². The topological polar surface area (TPSA) is 6.25 Å². The Labute approximate surface area is 89.4 Å². The van der Waals surface area contributed by atoms with Crippen LogP contribution in [0.3, 0.4) is 0 Å². The largest absolute Gasteiger partial charge is 0.402 e. The smallest absolute Gasteiger partial charge is 0.305 e. The summed E-state index contributed by atoms with van der Waals surface area (Å²) in [6, 6.07) is -0.507. The zero-order chi connectivity index (χ0) is 12.2. The van der Waals surface area contributed by atoms with Gasteiger partial charge in [-0.15, -0.1) is 0 Å². The third kappa shape index (κ3) is 4.64. The van der Waals surface area contributed by atoms with Gasteiger partial charge in [0.2, 0.25) is 0 Å². The maximum Gasteiger partial charge on any atom is 0.402 e. The minimum atomic E-state index is -4.19. The van der Waals surface area contributed by atoms with Gasteiger partial charge in [-0.05, 0) is 20.5 Å². The molecule has 0 aromatic heterocycles. The Morgan fingerprint density at radius 2 is 1.73 bits per heavy atom. The second kappa shape index (κ2) is 5.49. The van der Waals surface area contributed by atoms with E-state index in [-0.39, 0.29) is 0 Å². The van der Waals surface area contributed by atoms with E-state index in [4.69, 9.17) is 0 Å². The van der Waals surface area contributed by atoms with Gasteiger partial charge in [-0.3, -0.25) is 0 Å². The Morgan fingerprint density at radius 3 is 1.93 bits per heavy atom. The highest BCUT2D eigenvalue weighted by molar-refractivity contribution is 5.57. The first-order valence-electron chi connectivity index (χ1n) is 4.94. The van der Waals surface area contributed by atoms with Gasteiger partial charge in [0.1, 0.15) is 20.0 Å². The molecular formula is C10H20F3N2+. The Kier molecular flexibility index (Phi) is 5.28. The monoisotopic (exact) mass is 225 g/mol. The molecule has 0 aromatic carbocycles. The van der Waals surface area contributed by atoms with Crippen molar-refractivity contribution in [1.29, 1.82) is 0 Å². The molecule has 0 radical (unpaired) electrons. The van der Waals surface area contributed by atoms with Crippen LogP contribution in [0.5, 0.6) is 0 Å². The van der Waals surface area contributed by atoms with Gasteiger partial charge < -0.3 is 4.90 Å². The molecular weight excluding hydrogens is 205 g/mol. The molecule has 0 spiro atoms. The fraction of sp³-hybridized carbons (Fsp3) is 0.900. The molecule has 0 N–H and O–H groups in total. The van der Waals surface area contributed by atoms with Gasteiger partial charge in [-0.2, -0.15) is 13.2 Å². The summed E-state index contributed by atoms with van der Waals surface area (Å²) in [5, 5.41) is 0. The van der Waals surface area contributed by atoms with Crippen molar-refractivity contribution in [2.75, 3.05) is 28.2 Å². The lowest BCUT2D eigenvalue weighted by molar-refractivity contribution is -0.464. The van der Waals surface area contributed by atoms with E-state index in [2.05, 4.69) is 0 Å². The summed E-state index contributed by atoms with van der Waals surface area (Å²) in [6.45, 7) is 1.77. The van der Waals surface area contributed by atoms with Gasteiger partial charge in [0.15, 0.2) is 6.21 Å². The van der Waals surface area contributed by atoms with Crippen molar-refractivity contribution < 1.29 is 17.7 Å². The molecule has 0 heterocycles. The molecule has 0 saturated heterocycles. The molecule has 2 unspecified atom stereocenters. The molecule has 0 saturated carbocycles. The normalized spacial score (nSPS) is 16.3. The molecule has 0 aliphatic carbocycles. The highest BCUT2D eigenvalue weighted by Crippen LogP contribution is 2.30. The van der Waals surface area contributed by atoms with Crippen LogP contribution in [-0.2, 0) is 0 Å². The van der Waals surface area contributed by atoms with Crippen LogP contribution in [-0.4, -0.2) is 56.1 Å². The van der Waals surface area contributed by atoms with E-state index in [1.165, 1.54) is 10.8 Å². The van der Waals surface area contributed by atoms with Crippen molar-refractivity contribution in [2.45, 2.75) is 25.6 Å². The third-order valence-corrected chi connectivity index (χ3v) is 2.33. The summed E-state index contributed by atoms with van der Waals surface area (Å²) in [7, 11) is 6.58. The number of nitrogens with zero attached hydrogens (tertiary/aromatic N) is 2. The third-order valence-electron chi connectivity index (χ3n) is 2.33. The lowest BCUT2D eigenvalue weighted by Gasteiger charge is -2.29. The van der Waals surface area contributed by atoms with Crippen molar-refractivity contribution in [3.05, 3.63) is 0 Å². The zero-order valence-electron chi connectivity index (χ0n) is 9.97. The lowest BCUT2D eigenvalue weighted by atomic mass is 9.97. The average molecular weight is 225 g/mol. The number of hydrogen-bond donors (Lipinski definition) is 0. The maximum absolute atomic E-state index is 12.8. The van der Waals surface area contributed by atoms with Gasteiger partial charge in [-0.25, -0.2) is 4.58 Å². The Hall–Kier alpha value is -0.580. The molecule has 0 rings (SSSR count). The van der Waals surface area contributed by atoms with E-state index < -0.39 is 18.1 Å². The van der Waals surface area contributed by atoms with Crippen molar-refractivity contribution >= 4 is 6.21 Å². The van der Waals surface area contributed by atoms with E-state index in [1.54, 1.807) is 40.0 Å². The Balaban J connectivity index is 5.00. The van der Waals surface area contributed by atoms with E-state index in [1.807, 2.05) is 0 Å². The van der Waals surface area contributed by atoms with Crippen LogP contribution >= 0.6 is 0 Å². The highest BCUT2D eigenvalue weighted by Gasteiger charge is 2.46. The van der Waals surface area contributed by atoms with Gasteiger partial charge in [0.05, 0.1) is 0 Å².